The number of hydrogen-bond donors (Lipinski definition) is 5. The van der Waals surface area contributed by atoms with E-state index in [2.05, 4.69) is 15.6 Å². The lowest BCUT2D eigenvalue weighted by Gasteiger charge is -2.12. The van der Waals surface area contributed by atoms with E-state index in [1.165, 1.54) is 12.1 Å². The summed E-state index contributed by atoms with van der Waals surface area (Å²) in [4.78, 5) is 29.9. The Hall–Kier alpha value is -3.11. The molecule has 5 N–H and O–H groups in total. The van der Waals surface area contributed by atoms with E-state index in [9.17, 15) is 9.59 Å². The largest absolute Gasteiger partial charge is 0.321 e. The number of quaternary nitrogens is 1. The molecule has 0 radical (unpaired) electrons. The summed E-state index contributed by atoms with van der Waals surface area (Å²) in [5, 5.41) is 23.4. The molecule has 9 heteroatoms. The topological polar surface area (TPSA) is 116 Å². The molecule has 8 nitrogen and oxygen atoms in total. The summed E-state index contributed by atoms with van der Waals surface area (Å²) < 4.78 is 0. The van der Waals surface area contributed by atoms with Gasteiger partial charge in [-0.3, -0.25) is 9.59 Å². The maximum atomic E-state index is 12.8. The van der Waals surface area contributed by atoms with Crippen molar-refractivity contribution in [2.75, 3.05) is 10.6 Å². The first kappa shape index (κ1) is 22.6. The minimum absolute atomic E-state index is 0.0917. The molecular weight excluding hydrogens is 416 g/mol. The van der Waals surface area contributed by atoms with Crippen molar-refractivity contribution in [3.05, 3.63) is 69.2 Å². The van der Waals surface area contributed by atoms with Gasteiger partial charge in [0.2, 0.25) is 5.91 Å². The molecule has 3 aromatic rings. The van der Waals surface area contributed by atoms with Crippen molar-refractivity contribution in [1.82, 2.24) is 4.98 Å². The number of benzene rings is 2. The van der Waals surface area contributed by atoms with E-state index in [-0.39, 0.29) is 23.9 Å². The number of nitrogens with one attached hydrogen (secondary N) is 3. The lowest BCUT2D eigenvalue weighted by Crippen LogP contribution is -3.01. The van der Waals surface area contributed by atoms with Crippen molar-refractivity contribution in [2.24, 2.45) is 0 Å². The number of carbonyl (C=O) groups is 2. The van der Waals surface area contributed by atoms with Gasteiger partial charge in [0.25, 0.3) is 5.91 Å². The normalized spacial score (nSPS) is 10.9. The van der Waals surface area contributed by atoms with E-state index >= 15 is 0 Å². The first-order valence-corrected chi connectivity index (χ1v) is 10.5. The minimum atomic E-state index is -0.768. The van der Waals surface area contributed by atoms with Gasteiger partial charge < -0.3 is 10.6 Å². The Balaban J connectivity index is 1.67. The zero-order valence-corrected chi connectivity index (χ0v) is 18.6. The standard InChI is InChI=1S/C22H24N4O4S/c1-12-9-13(2)19(14(3)10-12)25-21(28)20-15(4)23-22(31-20)24-18(27)11-16-5-7-17(8-6-16)26(29)30/h5-10,29-30H,11H2,1-4H3,(H,25,28)(H,23,24,27)/p+1. The van der Waals surface area contributed by atoms with Gasteiger partial charge in [0.05, 0.1) is 12.1 Å². The second kappa shape index (κ2) is 9.36. The Morgan fingerprint density at radius 2 is 1.61 bits per heavy atom. The summed E-state index contributed by atoms with van der Waals surface area (Å²) in [6.07, 6.45) is 0.0917. The van der Waals surface area contributed by atoms with Crippen LogP contribution in [0.4, 0.5) is 16.5 Å². The molecule has 0 spiro atoms. The molecule has 0 saturated heterocycles. The number of carbonyl (C=O) groups excluding carboxylic acids is 2. The molecule has 3 rings (SSSR count). The van der Waals surface area contributed by atoms with Crippen LogP contribution in [0.5, 0.6) is 0 Å². The number of anilines is 2. The lowest BCUT2D eigenvalue weighted by molar-refractivity contribution is -1.19. The minimum Gasteiger partial charge on any atom is -0.321 e. The third-order valence-corrected chi connectivity index (χ3v) is 5.81. The van der Waals surface area contributed by atoms with Crippen LogP contribution in [0.2, 0.25) is 0 Å². The van der Waals surface area contributed by atoms with E-state index in [0.717, 1.165) is 33.7 Å². The van der Waals surface area contributed by atoms with Gasteiger partial charge in [-0.05, 0) is 49.6 Å². The molecule has 0 aliphatic rings. The molecule has 0 atom stereocenters. The summed E-state index contributed by atoms with van der Waals surface area (Å²) in [7, 11) is 0. The zero-order chi connectivity index (χ0) is 22.7. The SMILES string of the molecule is Cc1cc(C)c(NC(=O)c2sc(NC(=O)Cc3ccc([NH+](O)O)cc3)nc2C)c(C)c1. The predicted molar refractivity (Wildman–Crippen MR) is 118 cm³/mol. The van der Waals surface area contributed by atoms with Crippen molar-refractivity contribution in [2.45, 2.75) is 34.1 Å². The molecule has 2 aromatic carbocycles. The Morgan fingerprint density at radius 3 is 2.19 bits per heavy atom. The molecule has 1 aromatic heterocycles. The van der Waals surface area contributed by atoms with Crippen LogP contribution in [0, 0.1) is 27.7 Å². The first-order valence-electron chi connectivity index (χ1n) is 9.64. The third-order valence-electron chi connectivity index (χ3n) is 4.74. The quantitative estimate of drug-likeness (QED) is 0.377. The van der Waals surface area contributed by atoms with Crippen molar-refractivity contribution < 1.29 is 25.2 Å². The fourth-order valence-electron chi connectivity index (χ4n) is 3.33. The molecule has 2 amide bonds. The van der Waals surface area contributed by atoms with Crippen LogP contribution >= 0.6 is 11.3 Å². The van der Waals surface area contributed by atoms with E-state index < -0.39 is 5.23 Å². The zero-order valence-electron chi connectivity index (χ0n) is 17.7. The van der Waals surface area contributed by atoms with E-state index in [1.807, 2.05) is 32.9 Å². The van der Waals surface area contributed by atoms with Crippen LogP contribution in [0.1, 0.15) is 37.6 Å². The molecule has 31 heavy (non-hydrogen) atoms. The number of hydrogen-bond acceptors (Lipinski definition) is 6. The lowest BCUT2D eigenvalue weighted by atomic mass is 10.1. The van der Waals surface area contributed by atoms with Gasteiger partial charge in [-0.15, -0.1) is 0 Å². The van der Waals surface area contributed by atoms with Crippen molar-refractivity contribution in [3.63, 3.8) is 0 Å². The van der Waals surface area contributed by atoms with Gasteiger partial charge >= 0.3 is 0 Å². The molecule has 0 fully saturated rings. The summed E-state index contributed by atoms with van der Waals surface area (Å²) in [5.41, 5.74) is 5.41. The van der Waals surface area contributed by atoms with Gasteiger partial charge in [-0.25, -0.2) is 4.98 Å². The highest BCUT2D eigenvalue weighted by Gasteiger charge is 2.18. The molecule has 0 aliphatic carbocycles. The second-order valence-corrected chi connectivity index (χ2v) is 8.41. The van der Waals surface area contributed by atoms with E-state index in [1.54, 1.807) is 19.1 Å². The highest BCUT2D eigenvalue weighted by Crippen LogP contribution is 2.27. The van der Waals surface area contributed by atoms with E-state index in [0.29, 0.717) is 21.3 Å². The molecular formula is C22H25N4O4S+. The number of nitrogens with zero attached hydrogens (tertiary/aromatic N) is 1. The van der Waals surface area contributed by atoms with Gasteiger partial charge in [0.1, 0.15) is 4.88 Å². The summed E-state index contributed by atoms with van der Waals surface area (Å²) in [6, 6.07) is 10.3. The van der Waals surface area contributed by atoms with Crippen molar-refractivity contribution in [3.8, 4) is 0 Å². The first-order chi connectivity index (χ1) is 14.6. The van der Waals surface area contributed by atoms with Crippen LogP contribution in [-0.4, -0.2) is 27.2 Å². The maximum Gasteiger partial charge on any atom is 0.267 e. The molecule has 1 heterocycles. The smallest absolute Gasteiger partial charge is 0.267 e. The van der Waals surface area contributed by atoms with Gasteiger partial charge in [-0.2, -0.15) is 10.4 Å². The Bertz CT molecular complexity index is 1100. The Morgan fingerprint density at radius 1 is 1.00 bits per heavy atom. The average molecular weight is 442 g/mol. The summed E-state index contributed by atoms with van der Waals surface area (Å²) in [6.45, 7) is 7.64. The fraction of sp³-hybridized carbons (Fsp3) is 0.227. The van der Waals surface area contributed by atoms with Gasteiger partial charge in [-0.1, -0.05) is 41.2 Å². The highest BCUT2D eigenvalue weighted by molar-refractivity contribution is 7.17. The number of amides is 2. The third kappa shape index (κ3) is 5.53. The number of aryl methyl sites for hydroxylation is 4. The van der Waals surface area contributed by atoms with Crippen molar-refractivity contribution >= 4 is 39.7 Å². The average Bonchev–Trinajstić information content (AvgIpc) is 3.04. The molecule has 162 valence electrons. The van der Waals surface area contributed by atoms with Crippen LogP contribution < -0.4 is 15.9 Å². The summed E-state index contributed by atoms with van der Waals surface area (Å²) in [5.74, 6) is -0.544. The monoisotopic (exact) mass is 441 g/mol. The van der Waals surface area contributed by atoms with E-state index in [4.69, 9.17) is 10.4 Å². The van der Waals surface area contributed by atoms with Crippen LogP contribution in [-0.2, 0) is 11.2 Å². The molecule has 0 saturated carbocycles. The Labute approximate surface area is 184 Å². The van der Waals surface area contributed by atoms with Gasteiger partial charge in [0, 0.05) is 17.8 Å². The van der Waals surface area contributed by atoms with Crippen molar-refractivity contribution in [1.29, 1.82) is 0 Å². The number of aromatic nitrogens is 1. The fourth-order valence-corrected chi connectivity index (χ4v) is 4.21. The number of thiazole rings is 1. The van der Waals surface area contributed by atoms with Crippen LogP contribution in [0.3, 0.4) is 0 Å². The second-order valence-electron chi connectivity index (χ2n) is 7.41. The molecule has 0 bridgehead atoms. The van der Waals surface area contributed by atoms with Gasteiger partial charge in [0.15, 0.2) is 10.8 Å². The number of rotatable bonds is 6. The highest BCUT2D eigenvalue weighted by atomic mass is 32.1. The summed E-state index contributed by atoms with van der Waals surface area (Å²) >= 11 is 1.12. The van der Waals surface area contributed by atoms with Crippen LogP contribution in [0.25, 0.3) is 0 Å². The predicted octanol–water partition coefficient (Wildman–Crippen LogP) is 3.11. The maximum absolute atomic E-state index is 12.8. The Kier molecular flexibility index (Phi) is 6.81. The molecule has 0 unspecified atom stereocenters. The van der Waals surface area contributed by atoms with Crippen LogP contribution in [0.15, 0.2) is 36.4 Å². The molecule has 0 aliphatic heterocycles.